The first-order valence-electron chi connectivity index (χ1n) is 4.19. The molecule has 3 heteroatoms. The second kappa shape index (κ2) is 4.74. The summed E-state index contributed by atoms with van der Waals surface area (Å²) in [5, 5.41) is 0. The Hall–Kier alpha value is -0.380. The van der Waals surface area contributed by atoms with Crippen molar-refractivity contribution in [2.24, 2.45) is 5.73 Å². The van der Waals surface area contributed by atoms with E-state index < -0.39 is 0 Å². The summed E-state index contributed by atoms with van der Waals surface area (Å²) in [6.45, 7) is 1.96. The van der Waals surface area contributed by atoms with E-state index in [1.54, 1.807) is 7.11 Å². The van der Waals surface area contributed by atoms with Gasteiger partial charge in [-0.15, -0.1) is 0 Å². The zero-order valence-corrected chi connectivity index (χ0v) is 9.41. The minimum Gasteiger partial charge on any atom is -0.380 e. The van der Waals surface area contributed by atoms with Crippen molar-refractivity contribution in [3.8, 4) is 0 Å². The van der Waals surface area contributed by atoms with Crippen molar-refractivity contribution in [1.82, 2.24) is 0 Å². The number of rotatable bonds is 3. The highest BCUT2D eigenvalue weighted by Gasteiger charge is 2.13. The Labute approximate surface area is 87.2 Å². The Kier molecular flexibility index (Phi) is 3.90. The lowest BCUT2D eigenvalue weighted by molar-refractivity contribution is 0.0956. The number of halogens is 1. The van der Waals surface area contributed by atoms with Crippen molar-refractivity contribution >= 4 is 15.9 Å². The Balaban J connectivity index is 2.77. The lowest BCUT2D eigenvalue weighted by Gasteiger charge is -2.18. The van der Waals surface area contributed by atoms with Gasteiger partial charge in [-0.25, -0.2) is 0 Å². The molecule has 72 valence electrons. The highest BCUT2D eigenvalue weighted by Crippen LogP contribution is 2.18. The molecule has 0 saturated heterocycles. The zero-order chi connectivity index (χ0) is 9.84. The minimum atomic E-state index is -0.0573. The molecule has 13 heavy (non-hydrogen) atoms. The van der Waals surface area contributed by atoms with Crippen LogP contribution in [0.3, 0.4) is 0 Å². The molecule has 0 spiro atoms. The number of hydrogen-bond donors (Lipinski definition) is 1. The van der Waals surface area contributed by atoms with Gasteiger partial charge < -0.3 is 10.5 Å². The number of hydrogen-bond acceptors (Lipinski definition) is 2. The second-order valence-corrected chi connectivity index (χ2v) is 3.93. The van der Waals surface area contributed by atoms with Gasteiger partial charge in [0.15, 0.2) is 0 Å². The van der Waals surface area contributed by atoms with Crippen molar-refractivity contribution in [3.05, 3.63) is 34.3 Å². The molecule has 2 unspecified atom stereocenters. The van der Waals surface area contributed by atoms with Crippen LogP contribution in [-0.4, -0.2) is 13.2 Å². The maximum atomic E-state index is 5.96. The molecule has 0 aliphatic rings. The SMILES string of the molecule is COC(C)C(N)c1ccc(Br)cc1. The zero-order valence-electron chi connectivity index (χ0n) is 7.83. The maximum Gasteiger partial charge on any atom is 0.0735 e. The highest BCUT2D eigenvalue weighted by molar-refractivity contribution is 9.10. The summed E-state index contributed by atoms with van der Waals surface area (Å²) in [5.41, 5.74) is 7.05. The monoisotopic (exact) mass is 243 g/mol. The largest absolute Gasteiger partial charge is 0.380 e. The van der Waals surface area contributed by atoms with Gasteiger partial charge in [-0.1, -0.05) is 28.1 Å². The first-order chi connectivity index (χ1) is 6.15. The third-order valence-corrected chi connectivity index (χ3v) is 2.66. The molecule has 2 atom stereocenters. The molecular formula is C10H14BrNO. The van der Waals surface area contributed by atoms with Crippen molar-refractivity contribution in [2.45, 2.75) is 19.1 Å². The standard InChI is InChI=1S/C10H14BrNO/c1-7(13-2)10(12)8-3-5-9(11)6-4-8/h3-7,10H,12H2,1-2H3. The predicted octanol–water partition coefficient (Wildman–Crippen LogP) is 2.48. The lowest BCUT2D eigenvalue weighted by Crippen LogP contribution is -2.24. The van der Waals surface area contributed by atoms with Gasteiger partial charge in [0.05, 0.1) is 12.1 Å². The molecule has 1 aromatic rings. The molecule has 0 aromatic heterocycles. The Morgan fingerprint density at radius 3 is 2.31 bits per heavy atom. The van der Waals surface area contributed by atoms with Gasteiger partial charge in [0, 0.05) is 11.6 Å². The molecular weight excluding hydrogens is 230 g/mol. The van der Waals surface area contributed by atoms with E-state index in [0.29, 0.717) is 0 Å². The van der Waals surface area contributed by atoms with Gasteiger partial charge in [0.25, 0.3) is 0 Å². The average molecular weight is 244 g/mol. The predicted molar refractivity (Wildman–Crippen MR) is 57.5 cm³/mol. The van der Waals surface area contributed by atoms with E-state index in [-0.39, 0.29) is 12.1 Å². The van der Waals surface area contributed by atoms with Crippen LogP contribution in [0.25, 0.3) is 0 Å². The van der Waals surface area contributed by atoms with Crippen LogP contribution in [0.15, 0.2) is 28.7 Å². The van der Waals surface area contributed by atoms with Crippen molar-refractivity contribution in [3.63, 3.8) is 0 Å². The average Bonchev–Trinajstić information content (AvgIpc) is 2.17. The van der Waals surface area contributed by atoms with E-state index >= 15 is 0 Å². The number of nitrogens with two attached hydrogens (primary N) is 1. The van der Waals surface area contributed by atoms with Crippen LogP contribution >= 0.6 is 15.9 Å². The summed E-state index contributed by atoms with van der Waals surface area (Å²) in [6, 6.07) is 7.92. The summed E-state index contributed by atoms with van der Waals surface area (Å²) in [6.07, 6.45) is 0.0428. The van der Waals surface area contributed by atoms with E-state index in [2.05, 4.69) is 15.9 Å². The van der Waals surface area contributed by atoms with E-state index in [4.69, 9.17) is 10.5 Å². The third-order valence-electron chi connectivity index (χ3n) is 2.13. The van der Waals surface area contributed by atoms with Crippen molar-refractivity contribution in [1.29, 1.82) is 0 Å². The molecule has 0 radical (unpaired) electrons. The topological polar surface area (TPSA) is 35.2 Å². The van der Waals surface area contributed by atoms with Gasteiger partial charge in [-0.05, 0) is 24.6 Å². The first-order valence-corrected chi connectivity index (χ1v) is 4.98. The van der Waals surface area contributed by atoms with Crippen LogP contribution < -0.4 is 5.73 Å². The summed E-state index contributed by atoms with van der Waals surface area (Å²) in [5.74, 6) is 0. The summed E-state index contributed by atoms with van der Waals surface area (Å²) >= 11 is 3.38. The Morgan fingerprint density at radius 2 is 1.85 bits per heavy atom. The maximum absolute atomic E-state index is 5.96. The van der Waals surface area contributed by atoms with Gasteiger partial charge in [-0.3, -0.25) is 0 Å². The molecule has 0 fully saturated rings. The number of benzene rings is 1. The van der Waals surface area contributed by atoms with Gasteiger partial charge in [0.1, 0.15) is 0 Å². The molecule has 1 aromatic carbocycles. The van der Waals surface area contributed by atoms with Gasteiger partial charge in [0.2, 0.25) is 0 Å². The molecule has 2 nitrogen and oxygen atoms in total. The first kappa shape index (κ1) is 10.7. The van der Waals surface area contributed by atoms with Crippen molar-refractivity contribution < 1.29 is 4.74 Å². The highest BCUT2D eigenvalue weighted by atomic mass is 79.9. The Bertz CT molecular complexity index is 260. The van der Waals surface area contributed by atoms with E-state index in [1.165, 1.54) is 0 Å². The Morgan fingerprint density at radius 1 is 1.31 bits per heavy atom. The van der Waals surface area contributed by atoms with Crippen LogP contribution in [0, 0.1) is 0 Å². The summed E-state index contributed by atoms with van der Waals surface area (Å²) in [7, 11) is 1.67. The quantitative estimate of drug-likeness (QED) is 0.886. The van der Waals surface area contributed by atoms with Crippen LogP contribution in [0.5, 0.6) is 0 Å². The van der Waals surface area contributed by atoms with E-state index in [1.807, 2.05) is 31.2 Å². The van der Waals surface area contributed by atoms with E-state index in [0.717, 1.165) is 10.0 Å². The minimum absolute atomic E-state index is 0.0428. The van der Waals surface area contributed by atoms with Crippen molar-refractivity contribution in [2.75, 3.05) is 7.11 Å². The molecule has 0 aliphatic carbocycles. The molecule has 0 amide bonds. The fourth-order valence-electron chi connectivity index (χ4n) is 1.10. The van der Waals surface area contributed by atoms with E-state index in [9.17, 15) is 0 Å². The molecule has 2 N–H and O–H groups in total. The lowest BCUT2D eigenvalue weighted by atomic mass is 10.0. The summed E-state index contributed by atoms with van der Waals surface area (Å²) in [4.78, 5) is 0. The molecule has 0 aliphatic heterocycles. The number of methoxy groups -OCH3 is 1. The van der Waals surface area contributed by atoms with Gasteiger partial charge in [-0.2, -0.15) is 0 Å². The number of ether oxygens (including phenoxy) is 1. The fraction of sp³-hybridized carbons (Fsp3) is 0.400. The second-order valence-electron chi connectivity index (χ2n) is 3.02. The molecule has 0 saturated carbocycles. The third kappa shape index (κ3) is 2.79. The summed E-state index contributed by atoms with van der Waals surface area (Å²) < 4.78 is 6.22. The fourth-order valence-corrected chi connectivity index (χ4v) is 1.37. The van der Waals surface area contributed by atoms with Crippen LogP contribution in [0.1, 0.15) is 18.5 Å². The van der Waals surface area contributed by atoms with Crippen LogP contribution in [-0.2, 0) is 4.74 Å². The molecule has 1 rings (SSSR count). The van der Waals surface area contributed by atoms with Crippen LogP contribution in [0.2, 0.25) is 0 Å². The molecule has 0 heterocycles. The molecule has 0 bridgehead atoms. The smallest absolute Gasteiger partial charge is 0.0735 e. The van der Waals surface area contributed by atoms with Crippen LogP contribution in [0.4, 0.5) is 0 Å². The normalized spacial score (nSPS) is 15.4. The van der Waals surface area contributed by atoms with Gasteiger partial charge >= 0.3 is 0 Å².